The number of nitrogens with zero attached hydrogens (tertiary/aromatic N) is 1. The summed E-state index contributed by atoms with van der Waals surface area (Å²) >= 11 is 10.6. The highest BCUT2D eigenvalue weighted by Gasteiger charge is 2.32. The van der Waals surface area contributed by atoms with Gasteiger partial charge in [-0.05, 0) is 94.4 Å². The van der Waals surface area contributed by atoms with E-state index in [0.29, 0.717) is 25.9 Å². The molecule has 0 radical (unpaired) electrons. The van der Waals surface area contributed by atoms with Crippen molar-refractivity contribution in [3.63, 3.8) is 0 Å². The summed E-state index contributed by atoms with van der Waals surface area (Å²) in [7, 11) is 0. The van der Waals surface area contributed by atoms with Crippen LogP contribution >= 0.6 is 56.8 Å². The summed E-state index contributed by atoms with van der Waals surface area (Å²) in [6.07, 6.45) is 0. The number of aromatic hydroxyl groups is 1. The quantitative estimate of drug-likeness (QED) is 0.307. The summed E-state index contributed by atoms with van der Waals surface area (Å²) in [5, 5.41) is 23.2. The van der Waals surface area contributed by atoms with Crippen LogP contribution < -0.4 is 11.1 Å². The summed E-state index contributed by atoms with van der Waals surface area (Å²) in [6, 6.07) is 16.2. The minimum atomic E-state index is -1.44. The number of aryl methyl sites for hydroxylation is 2. The van der Waals surface area contributed by atoms with Crippen LogP contribution in [0, 0.1) is 32.3 Å². The maximum absolute atomic E-state index is 12.8. The molecule has 1 amide bonds. The third-order valence-electron chi connectivity index (χ3n) is 4.94. The van der Waals surface area contributed by atoms with Crippen molar-refractivity contribution >= 4 is 68.4 Å². The van der Waals surface area contributed by atoms with Gasteiger partial charge in [0, 0.05) is 19.8 Å². The minimum absolute atomic E-state index is 0.0799. The van der Waals surface area contributed by atoms with Crippen LogP contribution in [-0.2, 0) is 5.54 Å². The molecule has 5 nitrogen and oxygen atoms in total. The summed E-state index contributed by atoms with van der Waals surface area (Å²) in [5.41, 5.74) is 8.49. The van der Waals surface area contributed by atoms with Gasteiger partial charge in [-0.15, -0.1) is 0 Å². The predicted molar refractivity (Wildman–Crippen MR) is 139 cm³/mol. The monoisotopic (exact) mass is 657 g/mol. The first-order valence-corrected chi connectivity index (χ1v) is 11.7. The average molecular weight is 658 g/mol. The first-order chi connectivity index (χ1) is 14.6. The van der Waals surface area contributed by atoms with E-state index in [1.54, 1.807) is 43.3 Å². The first kappa shape index (κ1) is 23.8. The number of nitrogens with two attached hydrogens (primary N) is 1. The Morgan fingerprint density at radius 2 is 1.81 bits per heavy atom. The topological polar surface area (TPSA) is 99.1 Å². The van der Waals surface area contributed by atoms with Gasteiger partial charge in [-0.25, -0.2) is 0 Å². The zero-order valence-electron chi connectivity index (χ0n) is 16.6. The van der Waals surface area contributed by atoms with Gasteiger partial charge >= 0.3 is 0 Å². The van der Waals surface area contributed by atoms with Crippen molar-refractivity contribution < 1.29 is 9.90 Å². The fraction of sp³-hybridized carbons (Fsp3) is 0.130. The van der Waals surface area contributed by atoms with Crippen LogP contribution in [0.5, 0.6) is 5.75 Å². The molecule has 4 N–H and O–H groups in total. The SMILES string of the molecule is Cc1ccc(C(N)(C#N)c2cc(C)c(NC(=O)c3cc(I)cc(I)c3O)cc2Cl)cc1. The molecular weight excluding hydrogens is 640 g/mol. The van der Waals surface area contributed by atoms with E-state index in [1.807, 2.05) is 41.6 Å². The number of amides is 1. The summed E-state index contributed by atoms with van der Waals surface area (Å²) < 4.78 is 1.41. The highest BCUT2D eigenvalue weighted by Crippen LogP contribution is 2.36. The van der Waals surface area contributed by atoms with Crippen LogP contribution in [0.1, 0.15) is 32.6 Å². The number of carbonyl (C=O) groups excluding carboxylic acids is 1. The van der Waals surface area contributed by atoms with Gasteiger partial charge < -0.3 is 16.2 Å². The summed E-state index contributed by atoms with van der Waals surface area (Å²) in [6.45, 7) is 3.75. The maximum atomic E-state index is 12.8. The largest absolute Gasteiger partial charge is 0.506 e. The van der Waals surface area contributed by atoms with Crippen LogP contribution in [0.4, 0.5) is 5.69 Å². The van der Waals surface area contributed by atoms with Gasteiger partial charge in [0.2, 0.25) is 0 Å². The third-order valence-corrected chi connectivity index (χ3v) is 6.70. The Morgan fingerprint density at radius 3 is 2.42 bits per heavy atom. The number of hydrogen-bond donors (Lipinski definition) is 3. The number of halogens is 3. The first-order valence-electron chi connectivity index (χ1n) is 9.14. The summed E-state index contributed by atoms with van der Waals surface area (Å²) in [5.74, 6) is -0.539. The van der Waals surface area contributed by atoms with Crippen molar-refractivity contribution in [2.75, 3.05) is 5.32 Å². The Bertz CT molecular complexity index is 1220. The number of hydrogen-bond acceptors (Lipinski definition) is 4. The van der Waals surface area contributed by atoms with Gasteiger partial charge in [0.1, 0.15) is 5.75 Å². The molecule has 1 atom stereocenters. The fourth-order valence-electron chi connectivity index (χ4n) is 3.14. The molecule has 3 aromatic carbocycles. The number of rotatable bonds is 4. The minimum Gasteiger partial charge on any atom is -0.506 e. The summed E-state index contributed by atoms with van der Waals surface area (Å²) in [4.78, 5) is 12.8. The third kappa shape index (κ3) is 4.82. The van der Waals surface area contributed by atoms with E-state index >= 15 is 0 Å². The fourth-order valence-corrected chi connectivity index (χ4v) is 5.30. The van der Waals surface area contributed by atoms with Gasteiger partial charge in [-0.2, -0.15) is 5.26 Å². The Balaban J connectivity index is 2.00. The predicted octanol–water partition coefficient (Wildman–Crippen LogP) is 5.85. The molecule has 31 heavy (non-hydrogen) atoms. The molecule has 0 aromatic heterocycles. The van der Waals surface area contributed by atoms with E-state index in [1.165, 1.54) is 0 Å². The molecule has 3 aromatic rings. The second-order valence-electron chi connectivity index (χ2n) is 7.17. The Kier molecular flexibility index (Phi) is 7.15. The van der Waals surface area contributed by atoms with Crippen LogP contribution in [0.15, 0.2) is 48.5 Å². The van der Waals surface area contributed by atoms with E-state index in [2.05, 4.69) is 34.0 Å². The molecule has 0 aliphatic rings. The van der Waals surface area contributed by atoms with Crippen molar-refractivity contribution in [1.82, 2.24) is 0 Å². The Labute approximate surface area is 212 Å². The Hall–Kier alpha value is -1.87. The molecule has 0 saturated heterocycles. The zero-order valence-corrected chi connectivity index (χ0v) is 21.7. The number of anilines is 1. The number of carbonyl (C=O) groups is 1. The van der Waals surface area contributed by atoms with Crippen molar-refractivity contribution in [3.05, 3.63) is 88.5 Å². The lowest BCUT2D eigenvalue weighted by atomic mass is 9.84. The van der Waals surface area contributed by atoms with E-state index in [9.17, 15) is 15.2 Å². The van der Waals surface area contributed by atoms with Crippen LogP contribution in [0.25, 0.3) is 0 Å². The van der Waals surface area contributed by atoms with Crippen LogP contribution in [-0.4, -0.2) is 11.0 Å². The molecule has 0 saturated carbocycles. The lowest BCUT2D eigenvalue weighted by Gasteiger charge is -2.25. The molecular formula is C23H18ClI2N3O2. The second-order valence-corrected chi connectivity index (χ2v) is 9.99. The van der Waals surface area contributed by atoms with Gasteiger partial charge in [-0.1, -0.05) is 41.4 Å². The van der Waals surface area contributed by atoms with E-state index < -0.39 is 11.4 Å². The molecule has 3 rings (SSSR count). The number of phenols is 1. The lowest BCUT2D eigenvalue weighted by molar-refractivity contribution is 0.102. The van der Waals surface area contributed by atoms with Crippen molar-refractivity contribution in [2.45, 2.75) is 19.4 Å². The van der Waals surface area contributed by atoms with Crippen molar-refractivity contribution in [3.8, 4) is 11.8 Å². The zero-order chi connectivity index (χ0) is 22.9. The molecule has 0 spiro atoms. The molecule has 8 heteroatoms. The van der Waals surface area contributed by atoms with Crippen LogP contribution in [0.2, 0.25) is 5.02 Å². The van der Waals surface area contributed by atoms with Crippen molar-refractivity contribution in [2.24, 2.45) is 5.73 Å². The Morgan fingerprint density at radius 1 is 1.16 bits per heavy atom. The standard InChI is InChI=1S/C23H18ClI2N3O2/c1-12-3-5-14(6-4-12)23(28,11-27)17-7-13(2)20(10-18(17)24)29-22(31)16-8-15(25)9-19(26)21(16)30/h3-10,30H,28H2,1-2H3,(H,29,31). The number of benzene rings is 3. The second kappa shape index (κ2) is 9.32. The molecule has 0 fully saturated rings. The van der Waals surface area contributed by atoms with E-state index in [-0.39, 0.29) is 16.3 Å². The number of nitriles is 1. The highest BCUT2D eigenvalue weighted by molar-refractivity contribution is 14.1. The van der Waals surface area contributed by atoms with Crippen LogP contribution in [0.3, 0.4) is 0 Å². The molecule has 0 bridgehead atoms. The van der Waals surface area contributed by atoms with Gasteiger partial charge in [-0.3, -0.25) is 4.79 Å². The van der Waals surface area contributed by atoms with Crippen molar-refractivity contribution in [1.29, 1.82) is 5.26 Å². The van der Waals surface area contributed by atoms with Gasteiger partial charge in [0.05, 0.1) is 15.2 Å². The molecule has 0 aliphatic heterocycles. The van der Waals surface area contributed by atoms with E-state index in [0.717, 1.165) is 9.13 Å². The van der Waals surface area contributed by atoms with E-state index in [4.69, 9.17) is 17.3 Å². The lowest BCUT2D eigenvalue weighted by Crippen LogP contribution is -2.36. The smallest absolute Gasteiger partial charge is 0.259 e. The normalized spacial score (nSPS) is 12.7. The number of phenolic OH excluding ortho intramolecular Hbond substituents is 1. The van der Waals surface area contributed by atoms with Gasteiger partial charge in [0.25, 0.3) is 5.91 Å². The number of nitrogens with one attached hydrogen (secondary N) is 1. The maximum Gasteiger partial charge on any atom is 0.259 e. The molecule has 0 heterocycles. The average Bonchev–Trinajstić information content (AvgIpc) is 2.72. The molecule has 158 valence electrons. The molecule has 1 unspecified atom stereocenters. The highest BCUT2D eigenvalue weighted by atomic mass is 127. The molecule has 0 aliphatic carbocycles. The van der Waals surface area contributed by atoms with Gasteiger partial charge in [0.15, 0.2) is 5.54 Å².